The van der Waals surface area contributed by atoms with E-state index in [0.29, 0.717) is 13.1 Å². The van der Waals surface area contributed by atoms with Crippen LogP contribution in [0.3, 0.4) is 0 Å². The third-order valence-corrected chi connectivity index (χ3v) is 3.49. The molecule has 5 heteroatoms. The molecule has 0 aliphatic carbocycles. The molecular weight excluding hydrogens is 242 g/mol. The molecule has 1 saturated heterocycles. The van der Waals surface area contributed by atoms with Gasteiger partial charge in [-0.05, 0) is 25.5 Å². The molecule has 1 aliphatic rings. The minimum absolute atomic E-state index is 0.0902. The summed E-state index contributed by atoms with van der Waals surface area (Å²) in [7, 11) is 0. The average Bonchev–Trinajstić information content (AvgIpc) is 2.68. The standard InChI is InChI=1S/C14H23N3O2/c1-10-6-13(11(2)16-10)8-17(12(3)18)9-14-7-15-4-5-19-14/h6,14-16H,4-5,7-9H2,1-3H3/t14-/m0/s1. The molecule has 0 spiro atoms. The summed E-state index contributed by atoms with van der Waals surface area (Å²) in [4.78, 5) is 16.9. The monoisotopic (exact) mass is 265 g/mol. The lowest BCUT2D eigenvalue weighted by molar-refractivity contribution is -0.131. The number of hydrogen-bond acceptors (Lipinski definition) is 3. The minimum atomic E-state index is 0.0902. The Hall–Kier alpha value is -1.33. The van der Waals surface area contributed by atoms with Gasteiger partial charge in [-0.2, -0.15) is 0 Å². The predicted molar refractivity (Wildman–Crippen MR) is 74.0 cm³/mol. The Morgan fingerprint density at radius 2 is 2.32 bits per heavy atom. The number of nitrogens with zero attached hydrogens (tertiary/aromatic N) is 1. The first-order valence-corrected chi connectivity index (χ1v) is 6.79. The fourth-order valence-electron chi connectivity index (χ4n) is 2.44. The van der Waals surface area contributed by atoms with E-state index in [1.807, 2.05) is 18.7 Å². The molecule has 0 saturated carbocycles. The Morgan fingerprint density at radius 3 is 2.84 bits per heavy atom. The average molecular weight is 265 g/mol. The van der Waals surface area contributed by atoms with Crippen LogP contribution in [-0.4, -0.2) is 48.1 Å². The quantitative estimate of drug-likeness (QED) is 0.853. The highest BCUT2D eigenvalue weighted by atomic mass is 16.5. The van der Waals surface area contributed by atoms with Crippen LogP contribution in [-0.2, 0) is 16.1 Å². The summed E-state index contributed by atoms with van der Waals surface area (Å²) in [5, 5.41) is 3.29. The second-order valence-electron chi connectivity index (χ2n) is 5.20. The van der Waals surface area contributed by atoms with Crippen molar-refractivity contribution in [3.63, 3.8) is 0 Å². The third kappa shape index (κ3) is 3.81. The van der Waals surface area contributed by atoms with Crippen molar-refractivity contribution in [1.82, 2.24) is 15.2 Å². The van der Waals surface area contributed by atoms with E-state index >= 15 is 0 Å². The highest BCUT2D eigenvalue weighted by Gasteiger charge is 2.20. The van der Waals surface area contributed by atoms with E-state index < -0.39 is 0 Å². The summed E-state index contributed by atoms with van der Waals surface area (Å²) >= 11 is 0. The van der Waals surface area contributed by atoms with Gasteiger partial charge in [0.2, 0.25) is 5.91 Å². The molecule has 19 heavy (non-hydrogen) atoms. The summed E-state index contributed by atoms with van der Waals surface area (Å²) in [5.74, 6) is 0.0902. The molecule has 1 amide bonds. The molecule has 1 fully saturated rings. The molecule has 0 bridgehead atoms. The van der Waals surface area contributed by atoms with Gasteiger partial charge in [-0.1, -0.05) is 0 Å². The SMILES string of the molecule is CC(=O)N(Cc1cc(C)[nH]c1C)C[C@@H]1CNCCO1. The number of ether oxygens (including phenoxy) is 1. The van der Waals surface area contributed by atoms with Crippen molar-refractivity contribution in [2.75, 3.05) is 26.2 Å². The lowest BCUT2D eigenvalue weighted by Gasteiger charge is -2.29. The van der Waals surface area contributed by atoms with Gasteiger partial charge in [0, 0.05) is 44.5 Å². The Kier molecular flexibility index (Phi) is 4.61. The number of aryl methyl sites for hydroxylation is 2. The van der Waals surface area contributed by atoms with Gasteiger partial charge in [0.1, 0.15) is 0 Å². The molecular formula is C14H23N3O2. The van der Waals surface area contributed by atoms with Crippen LogP contribution in [0.1, 0.15) is 23.9 Å². The molecule has 0 radical (unpaired) electrons. The summed E-state index contributed by atoms with van der Waals surface area (Å²) in [6.07, 6.45) is 0.0954. The summed E-state index contributed by atoms with van der Waals surface area (Å²) in [6.45, 7) is 9.41. The maximum absolute atomic E-state index is 11.8. The van der Waals surface area contributed by atoms with Crippen LogP contribution in [0.25, 0.3) is 0 Å². The van der Waals surface area contributed by atoms with Crippen molar-refractivity contribution in [2.24, 2.45) is 0 Å². The first kappa shape index (κ1) is 14.1. The van der Waals surface area contributed by atoms with Gasteiger partial charge in [0.25, 0.3) is 0 Å². The van der Waals surface area contributed by atoms with Crippen LogP contribution < -0.4 is 5.32 Å². The number of carbonyl (C=O) groups excluding carboxylic acids is 1. The van der Waals surface area contributed by atoms with E-state index in [2.05, 4.69) is 16.4 Å². The molecule has 5 nitrogen and oxygen atoms in total. The van der Waals surface area contributed by atoms with Crippen LogP contribution in [0, 0.1) is 13.8 Å². The number of aromatic nitrogens is 1. The van der Waals surface area contributed by atoms with Crippen LogP contribution in [0.5, 0.6) is 0 Å². The largest absolute Gasteiger partial charge is 0.374 e. The number of rotatable bonds is 4. The van der Waals surface area contributed by atoms with Crippen LogP contribution in [0.4, 0.5) is 0 Å². The maximum Gasteiger partial charge on any atom is 0.219 e. The first-order chi connectivity index (χ1) is 9.06. The second-order valence-corrected chi connectivity index (χ2v) is 5.20. The predicted octanol–water partition coefficient (Wildman–Crippen LogP) is 0.968. The van der Waals surface area contributed by atoms with E-state index in [-0.39, 0.29) is 12.0 Å². The van der Waals surface area contributed by atoms with Gasteiger partial charge in [-0.3, -0.25) is 4.79 Å². The number of hydrogen-bond donors (Lipinski definition) is 2. The Balaban J connectivity index is 1.99. The fraction of sp³-hybridized carbons (Fsp3) is 0.643. The molecule has 0 unspecified atom stereocenters. The molecule has 106 valence electrons. The zero-order valence-corrected chi connectivity index (χ0v) is 12.0. The van der Waals surface area contributed by atoms with Crippen molar-refractivity contribution in [1.29, 1.82) is 0 Å². The minimum Gasteiger partial charge on any atom is -0.374 e. The van der Waals surface area contributed by atoms with Gasteiger partial charge in [0.15, 0.2) is 0 Å². The van der Waals surface area contributed by atoms with Crippen LogP contribution in [0.2, 0.25) is 0 Å². The Bertz CT molecular complexity index is 436. The third-order valence-electron chi connectivity index (χ3n) is 3.49. The zero-order valence-electron chi connectivity index (χ0n) is 12.0. The first-order valence-electron chi connectivity index (χ1n) is 6.79. The number of aromatic amines is 1. The van der Waals surface area contributed by atoms with Crippen molar-refractivity contribution in [2.45, 2.75) is 33.4 Å². The van der Waals surface area contributed by atoms with Gasteiger partial charge in [-0.25, -0.2) is 0 Å². The topological polar surface area (TPSA) is 57.4 Å². The number of amides is 1. The van der Waals surface area contributed by atoms with Gasteiger partial charge in [0.05, 0.1) is 12.7 Å². The maximum atomic E-state index is 11.8. The zero-order chi connectivity index (χ0) is 13.8. The van der Waals surface area contributed by atoms with Crippen molar-refractivity contribution in [3.05, 3.63) is 23.0 Å². The van der Waals surface area contributed by atoms with E-state index in [4.69, 9.17) is 4.74 Å². The highest BCUT2D eigenvalue weighted by molar-refractivity contribution is 5.73. The molecule has 1 aromatic heterocycles. The van der Waals surface area contributed by atoms with Gasteiger partial charge >= 0.3 is 0 Å². The molecule has 1 aromatic rings. The lowest BCUT2D eigenvalue weighted by Crippen LogP contribution is -2.46. The molecule has 1 aliphatic heterocycles. The lowest BCUT2D eigenvalue weighted by atomic mass is 10.2. The van der Waals surface area contributed by atoms with E-state index in [1.54, 1.807) is 6.92 Å². The van der Waals surface area contributed by atoms with Crippen molar-refractivity contribution < 1.29 is 9.53 Å². The summed E-state index contributed by atoms with van der Waals surface area (Å²) in [5.41, 5.74) is 3.44. The molecule has 2 heterocycles. The van der Waals surface area contributed by atoms with Gasteiger partial charge in [-0.15, -0.1) is 0 Å². The fourth-order valence-corrected chi connectivity index (χ4v) is 2.44. The molecule has 0 aromatic carbocycles. The number of nitrogens with one attached hydrogen (secondary N) is 2. The second kappa shape index (κ2) is 6.21. The Morgan fingerprint density at radius 1 is 1.53 bits per heavy atom. The summed E-state index contributed by atoms with van der Waals surface area (Å²) < 4.78 is 5.67. The van der Waals surface area contributed by atoms with E-state index in [0.717, 1.165) is 31.1 Å². The number of carbonyl (C=O) groups is 1. The molecule has 2 N–H and O–H groups in total. The van der Waals surface area contributed by atoms with Crippen molar-refractivity contribution in [3.8, 4) is 0 Å². The van der Waals surface area contributed by atoms with E-state index in [9.17, 15) is 4.79 Å². The van der Waals surface area contributed by atoms with Gasteiger partial charge < -0.3 is 19.9 Å². The normalized spacial score (nSPS) is 19.4. The molecule has 2 rings (SSSR count). The summed E-state index contributed by atoms with van der Waals surface area (Å²) in [6, 6.07) is 2.10. The van der Waals surface area contributed by atoms with E-state index in [1.165, 1.54) is 5.56 Å². The molecule has 1 atom stereocenters. The van der Waals surface area contributed by atoms with Crippen LogP contribution in [0.15, 0.2) is 6.07 Å². The van der Waals surface area contributed by atoms with Crippen molar-refractivity contribution >= 4 is 5.91 Å². The highest BCUT2D eigenvalue weighted by Crippen LogP contribution is 2.13. The Labute approximate surface area is 114 Å². The number of morpholine rings is 1. The van der Waals surface area contributed by atoms with Crippen LogP contribution >= 0.6 is 0 Å². The number of H-pyrrole nitrogens is 1. The smallest absolute Gasteiger partial charge is 0.219 e.